The summed E-state index contributed by atoms with van der Waals surface area (Å²) in [6.07, 6.45) is 1.15. The van der Waals surface area contributed by atoms with E-state index in [0.29, 0.717) is 38.3 Å². The van der Waals surface area contributed by atoms with Crippen LogP contribution in [0.4, 0.5) is 4.39 Å². The molecule has 0 amide bonds. The lowest BCUT2D eigenvalue weighted by Crippen LogP contribution is -2.26. The van der Waals surface area contributed by atoms with Crippen molar-refractivity contribution >= 4 is 22.4 Å². The third kappa shape index (κ3) is 3.23. The summed E-state index contributed by atoms with van der Waals surface area (Å²) < 4.78 is 32.3. The smallest absolute Gasteiger partial charge is 0.291 e. The second-order valence-electron chi connectivity index (χ2n) is 7.15. The standard InChI is InChI=1S/C23H14FN3O4S/c24-14-7-5-13(6-8-14)16-10-9-15(30-16)11-20-22(28)27-23(32-20)25-21(26-27)19-12-29-17-3-1-2-4-18(17)31-19/h1-11,19H,12H2/b20-11-/t19-/m0/s1. The topological polar surface area (TPSA) is 78.9 Å². The molecule has 1 aliphatic rings. The van der Waals surface area contributed by atoms with E-state index in [9.17, 15) is 9.18 Å². The number of hydrogen-bond acceptors (Lipinski definition) is 7. The lowest BCUT2D eigenvalue weighted by Gasteiger charge is -2.24. The second kappa shape index (κ2) is 7.31. The zero-order chi connectivity index (χ0) is 21.7. The Kier molecular flexibility index (Phi) is 4.29. The second-order valence-corrected chi connectivity index (χ2v) is 8.16. The van der Waals surface area contributed by atoms with Crippen LogP contribution in [0.2, 0.25) is 0 Å². The Morgan fingerprint density at radius 1 is 1.06 bits per heavy atom. The fraction of sp³-hybridized carbons (Fsp3) is 0.0870. The minimum absolute atomic E-state index is 0.264. The van der Waals surface area contributed by atoms with Crippen molar-refractivity contribution < 1.29 is 18.3 Å². The first kappa shape index (κ1) is 18.8. The van der Waals surface area contributed by atoms with Gasteiger partial charge in [0.25, 0.3) is 5.56 Å². The molecule has 0 N–H and O–H groups in total. The molecule has 0 saturated heterocycles. The number of aromatic nitrogens is 3. The highest BCUT2D eigenvalue weighted by atomic mass is 32.1. The Balaban J connectivity index is 1.30. The molecule has 2 aromatic carbocycles. The monoisotopic (exact) mass is 447 g/mol. The fourth-order valence-electron chi connectivity index (χ4n) is 3.46. The summed E-state index contributed by atoms with van der Waals surface area (Å²) in [5.74, 6) is 2.46. The van der Waals surface area contributed by atoms with Crippen LogP contribution >= 0.6 is 11.3 Å². The van der Waals surface area contributed by atoms with Crippen molar-refractivity contribution in [1.29, 1.82) is 0 Å². The van der Waals surface area contributed by atoms with Gasteiger partial charge in [0.15, 0.2) is 23.4 Å². The van der Waals surface area contributed by atoms with Crippen molar-refractivity contribution in [3.05, 3.63) is 93.0 Å². The van der Waals surface area contributed by atoms with E-state index in [1.54, 1.807) is 30.3 Å². The number of benzene rings is 2. The van der Waals surface area contributed by atoms with Crippen LogP contribution in [0.3, 0.4) is 0 Å². The van der Waals surface area contributed by atoms with Crippen molar-refractivity contribution in [2.75, 3.05) is 6.61 Å². The number of nitrogens with zero attached hydrogens (tertiary/aromatic N) is 3. The minimum Gasteiger partial charge on any atom is -0.485 e. The van der Waals surface area contributed by atoms with E-state index in [4.69, 9.17) is 13.9 Å². The quantitative estimate of drug-likeness (QED) is 0.421. The summed E-state index contributed by atoms with van der Waals surface area (Å²) in [4.78, 5) is 17.8. The van der Waals surface area contributed by atoms with Gasteiger partial charge in [-0.2, -0.15) is 9.50 Å². The zero-order valence-electron chi connectivity index (χ0n) is 16.4. The van der Waals surface area contributed by atoms with Gasteiger partial charge >= 0.3 is 0 Å². The third-order valence-corrected chi connectivity index (χ3v) is 5.98. The molecule has 6 rings (SSSR count). The molecule has 1 aliphatic heterocycles. The van der Waals surface area contributed by atoms with Crippen molar-refractivity contribution in [1.82, 2.24) is 14.6 Å². The van der Waals surface area contributed by atoms with Crippen molar-refractivity contribution in [3.8, 4) is 22.8 Å². The van der Waals surface area contributed by atoms with E-state index >= 15 is 0 Å². The molecule has 1 atom stereocenters. The van der Waals surface area contributed by atoms with E-state index in [-0.39, 0.29) is 18.0 Å². The molecule has 0 spiro atoms. The molecule has 0 saturated carbocycles. The van der Waals surface area contributed by atoms with Crippen LogP contribution in [0.15, 0.2) is 69.9 Å². The van der Waals surface area contributed by atoms with Gasteiger partial charge in [-0.25, -0.2) is 4.39 Å². The van der Waals surface area contributed by atoms with Gasteiger partial charge in [0.1, 0.15) is 28.5 Å². The largest absolute Gasteiger partial charge is 0.485 e. The Labute approximate surface area is 184 Å². The van der Waals surface area contributed by atoms with Gasteiger partial charge in [-0.15, -0.1) is 5.10 Å². The maximum atomic E-state index is 13.1. The van der Waals surface area contributed by atoms with Crippen LogP contribution in [0.25, 0.3) is 22.4 Å². The summed E-state index contributed by atoms with van der Waals surface area (Å²) in [5, 5.41) is 4.34. The number of hydrogen-bond donors (Lipinski definition) is 0. The van der Waals surface area contributed by atoms with E-state index < -0.39 is 6.10 Å². The number of halogens is 1. The Morgan fingerprint density at radius 2 is 1.88 bits per heavy atom. The van der Waals surface area contributed by atoms with Crippen LogP contribution in [0.1, 0.15) is 17.7 Å². The van der Waals surface area contributed by atoms with Gasteiger partial charge in [0, 0.05) is 11.6 Å². The predicted molar refractivity (Wildman–Crippen MR) is 115 cm³/mol. The molecule has 5 aromatic rings. The summed E-state index contributed by atoms with van der Waals surface area (Å²) >= 11 is 1.21. The van der Waals surface area contributed by atoms with Crippen molar-refractivity contribution in [2.24, 2.45) is 0 Å². The van der Waals surface area contributed by atoms with Crippen LogP contribution in [0, 0.1) is 5.82 Å². The first-order chi connectivity index (χ1) is 15.6. The summed E-state index contributed by atoms with van der Waals surface area (Å²) in [5.41, 5.74) is 0.456. The summed E-state index contributed by atoms with van der Waals surface area (Å²) in [6.45, 7) is 0.264. The Morgan fingerprint density at radius 3 is 2.69 bits per heavy atom. The number of ether oxygens (including phenoxy) is 2. The average molecular weight is 447 g/mol. The van der Waals surface area contributed by atoms with Crippen LogP contribution in [-0.2, 0) is 0 Å². The molecule has 0 aliphatic carbocycles. The molecule has 9 heteroatoms. The highest BCUT2D eigenvalue weighted by Crippen LogP contribution is 2.35. The van der Waals surface area contributed by atoms with Gasteiger partial charge in [-0.05, 0) is 48.5 Å². The molecule has 4 heterocycles. The van der Waals surface area contributed by atoms with Gasteiger partial charge in [-0.1, -0.05) is 23.5 Å². The average Bonchev–Trinajstić information content (AvgIpc) is 3.52. The zero-order valence-corrected chi connectivity index (χ0v) is 17.2. The van der Waals surface area contributed by atoms with Crippen molar-refractivity contribution in [3.63, 3.8) is 0 Å². The molecule has 158 valence electrons. The summed E-state index contributed by atoms with van der Waals surface area (Å²) in [7, 11) is 0. The highest BCUT2D eigenvalue weighted by Gasteiger charge is 2.27. The molecule has 0 bridgehead atoms. The van der Waals surface area contributed by atoms with Gasteiger partial charge in [0.2, 0.25) is 4.96 Å². The number of rotatable bonds is 3. The Hall–Kier alpha value is -3.98. The molecular weight excluding hydrogens is 433 g/mol. The maximum Gasteiger partial charge on any atom is 0.291 e. The molecular formula is C23H14FN3O4S. The van der Waals surface area contributed by atoms with Crippen LogP contribution in [0.5, 0.6) is 11.5 Å². The first-order valence-electron chi connectivity index (χ1n) is 9.79. The predicted octanol–water partition coefficient (Wildman–Crippen LogP) is 3.61. The van der Waals surface area contributed by atoms with Crippen LogP contribution < -0.4 is 19.6 Å². The van der Waals surface area contributed by atoms with Gasteiger partial charge in [0.05, 0.1) is 0 Å². The normalized spacial score (nSPS) is 16.0. The SMILES string of the molecule is O=c1/c(=C/c2ccc(-c3ccc(F)cc3)o2)sc2nc([C@@H]3COc4ccccc4O3)nn12. The molecule has 0 fully saturated rings. The lowest BCUT2D eigenvalue weighted by atomic mass is 10.2. The number of thiazole rings is 1. The number of fused-ring (bicyclic) bond motifs is 2. The van der Waals surface area contributed by atoms with Gasteiger partial charge < -0.3 is 13.9 Å². The van der Waals surface area contributed by atoms with Crippen LogP contribution in [-0.4, -0.2) is 21.2 Å². The van der Waals surface area contributed by atoms with E-state index in [1.165, 1.54) is 28.0 Å². The third-order valence-electron chi connectivity index (χ3n) is 5.02. The fourth-order valence-corrected chi connectivity index (χ4v) is 4.36. The molecule has 0 radical (unpaired) electrons. The lowest BCUT2D eigenvalue weighted by molar-refractivity contribution is 0.0852. The van der Waals surface area contributed by atoms with E-state index in [0.717, 1.165) is 5.56 Å². The van der Waals surface area contributed by atoms with E-state index in [2.05, 4.69) is 10.1 Å². The molecule has 0 unspecified atom stereocenters. The minimum atomic E-state index is -0.493. The summed E-state index contributed by atoms with van der Waals surface area (Å²) in [6, 6.07) is 16.9. The highest BCUT2D eigenvalue weighted by molar-refractivity contribution is 7.15. The number of para-hydroxylation sites is 2. The van der Waals surface area contributed by atoms with Gasteiger partial charge in [-0.3, -0.25) is 4.79 Å². The van der Waals surface area contributed by atoms with E-state index in [1.807, 2.05) is 24.3 Å². The molecule has 7 nitrogen and oxygen atoms in total. The molecule has 32 heavy (non-hydrogen) atoms. The van der Waals surface area contributed by atoms with Crippen molar-refractivity contribution in [2.45, 2.75) is 6.10 Å². The first-order valence-corrected chi connectivity index (χ1v) is 10.6. The molecule has 3 aromatic heterocycles. The number of furan rings is 1. The maximum absolute atomic E-state index is 13.1. The Bertz CT molecular complexity index is 1550.